The zero-order valence-corrected chi connectivity index (χ0v) is 15.6. The Balaban J connectivity index is 2.44. The molecule has 2 rings (SSSR count). The van der Waals surface area contributed by atoms with Crippen molar-refractivity contribution in [2.75, 3.05) is 0 Å². The van der Waals surface area contributed by atoms with Crippen molar-refractivity contribution >= 4 is 21.9 Å². The number of halogens is 3. The molecule has 6 heteroatoms. The third-order valence-electron chi connectivity index (χ3n) is 3.85. The smallest absolute Gasteiger partial charge is 0.320 e. The minimum atomic E-state index is -1.00. The number of nitrogens with one attached hydrogen (secondary N) is 1. The van der Waals surface area contributed by atoms with Gasteiger partial charge >= 0.3 is 5.97 Å². The maximum atomic E-state index is 14.3. The minimum absolute atomic E-state index is 0.150. The summed E-state index contributed by atoms with van der Waals surface area (Å²) in [6.07, 6.45) is 0.394. The topological polar surface area (TPSA) is 49.3 Å². The van der Waals surface area contributed by atoms with Crippen molar-refractivity contribution in [3.63, 3.8) is 0 Å². The molecule has 2 N–H and O–H groups in total. The Morgan fingerprint density at radius 3 is 2.32 bits per heavy atom. The van der Waals surface area contributed by atoms with Crippen molar-refractivity contribution in [1.29, 1.82) is 0 Å². The van der Waals surface area contributed by atoms with Crippen LogP contribution in [0.15, 0.2) is 46.9 Å². The molecule has 2 aromatic carbocycles. The Hall–Kier alpha value is -1.79. The molecule has 2 atom stereocenters. The molecule has 0 saturated carbocycles. The van der Waals surface area contributed by atoms with Crippen molar-refractivity contribution in [2.45, 2.75) is 32.4 Å². The second-order valence-electron chi connectivity index (χ2n) is 6.34. The van der Waals surface area contributed by atoms with Gasteiger partial charge in [-0.2, -0.15) is 0 Å². The van der Waals surface area contributed by atoms with Gasteiger partial charge in [0, 0.05) is 16.1 Å². The van der Waals surface area contributed by atoms with Gasteiger partial charge in [-0.15, -0.1) is 0 Å². The molecule has 0 spiro atoms. The van der Waals surface area contributed by atoms with E-state index in [2.05, 4.69) is 21.2 Å². The van der Waals surface area contributed by atoms with E-state index in [0.29, 0.717) is 12.0 Å². The molecular formula is C19H20BrF2NO2. The van der Waals surface area contributed by atoms with E-state index in [4.69, 9.17) is 0 Å². The maximum absolute atomic E-state index is 14.3. The molecule has 0 heterocycles. The van der Waals surface area contributed by atoms with Gasteiger partial charge in [0.05, 0.1) is 6.04 Å². The lowest BCUT2D eigenvalue weighted by atomic mass is 9.95. The standard InChI is InChI=1S/C19H20BrF2NO2/c1-11(2)9-17(19(24)25)23-18(12-3-5-13(20)6-4-12)15-8-7-14(21)10-16(15)22/h3-8,10-11,17-18,23H,9H2,1-2H3,(H,24,25)/t17-,18?/m0/s1. The van der Waals surface area contributed by atoms with Gasteiger partial charge in [-0.25, -0.2) is 8.78 Å². The van der Waals surface area contributed by atoms with Crippen LogP contribution in [0.5, 0.6) is 0 Å². The van der Waals surface area contributed by atoms with Crippen LogP contribution in [0.25, 0.3) is 0 Å². The number of hydrogen-bond acceptors (Lipinski definition) is 2. The number of hydrogen-bond donors (Lipinski definition) is 2. The third-order valence-corrected chi connectivity index (χ3v) is 4.38. The first-order valence-electron chi connectivity index (χ1n) is 7.97. The van der Waals surface area contributed by atoms with Gasteiger partial charge < -0.3 is 5.11 Å². The van der Waals surface area contributed by atoms with Crippen molar-refractivity contribution in [3.8, 4) is 0 Å². The molecule has 0 aliphatic rings. The van der Waals surface area contributed by atoms with Gasteiger partial charge in [-0.05, 0) is 36.1 Å². The number of aliphatic carboxylic acids is 1. The van der Waals surface area contributed by atoms with Gasteiger partial charge in [0.25, 0.3) is 0 Å². The van der Waals surface area contributed by atoms with Gasteiger partial charge in [-0.1, -0.05) is 48.0 Å². The molecule has 2 aromatic rings. The molecule has 0 saturated heterocycles. The van der Waals surface area contributed by atoms with Crippen LogP contribution in [0.3, 0.4) is 0 Å². The van der Waals surface area contributed by atoms with Gasteiger partial charge in [0.2, 0.25) is 0 Å². The number of carboxylic acids is 1. The first kappa shape index (κ1) is 19.5. The van der Waals surface area contributed by atoms with Crippen molar-refractivity contribution in [1.82, 2.24) is 5.32 Å². The predicted octanol–water partition coefficient (Wildman–Crippen LogP) is 4.91. The summed E-state index contributed by atoms with van der Waals surface area (Å²) in [4.78, 5) is 11.6. The summed E-state index contributed by atoms with van der Waals surface area (Å²) in [7, 11) is 0. The van der Waals surface area contributed by atoms with Crippen LogP contribution in [0.4, 0.5) is 8.78 Å². The minimum Gasteiger partial charge on any atom is -0.480 e. The molecule has 0 bridgehead atoms. The second-order valence-corrected chi connectivity index (χ2v) is 7.25. The number of benzene rings is 2. The van der Waals surface area contributed by atoms with Crippen LogP contribution in [0, 0.1) is 17.6 Å². The summed E-state index contributed by atoms with van der Waals surface area (Å²) in [6.45, 7) is 3.84. The van der Waals surface area contributed by atoms with Crippen LogP contribution in [-0.2, 0) is 4.79 Å². The molecule has 0 aliphatic heterocycles. The lowest BCUT2D eigenvalue weighted by Crippen LogP contribution is -2.40. The summed E-state index contributed by atoms with van der Waals surface area (Å²) in [6, 6.07) is 8.92. The molecule has 3 nitrogen and oxygen atoms in total. The van der Waals surface area contributed by atoms with Crippen LogP contribution in [-0.4, -0.2) is 17.1 Å². The van der Waals surface area contributed by atoms with E-state index in [1.807, 2.05) is 13.8 Å². The van der Waals surface area contributed by atoms with Gasteiger partial charge in [0.1, 0.15) is 17.7 Å². The summed E-state index contributed by atoms with van der Waals surface area (Å²) >= 11 is 3.34. The van der Waals surface area contributed by atoms with Crippen LogP contribution in [0.2, 0.25) is 0 Å². The zero-order chi connectivity index (χ0) is 18.6. The maximum Gasteiger partial charge on any atom is 0.320 e. The van der Waals surface area contributed by atoms with Gasteiger partial charge in [0.15, 0.2) is 0 Å². The van der Waals surface area contributed by atoms with E-state index in [1.165, 1.54) is 12.1 Å². The Morgan fingerprint density at radius 1 is 1.16 bits per heavy atom. The average Bonchev–Trinajstić information content (AvgIpc) is 2.52. The molecule has 1 unspecified atom stereocenters. The molecule has 0 aliphatic carbocycles. The van der Waals surface area contributed by atoms with Gasteiger partial charge in [-0.3, -0.25) is 10.1 Å². The lowest BCUT2D eigenvalue weighted by molar-refractivity contribution is -0.140. The summed E-state index contributed by atoms with van der Waals surface area (Å²) < 4.78 is 28.5. The quantitative estimate of drug-likeness (QED) is 0.680. The fourth-order valence-corrected chi connectivity index (χ4v) is 2.93. The van der Waals surface area contributed by atoms with E-state index < -0.39 is 29.7 Å². The molecule has 25 heavy (non-hydrogen) atoms. The van der Waals surface area contributed by atoms with Crippen LogP contribution < -0.4 is 5.32 Å². The van der Waals surface area contributed by atoms with E-state index in [-0.39, 0.29) is 11.5 Å². The third kappa shape index (κ3) is 5.34. The highest BCUT2D eigenvalue weighted by Crippen LogP contribution is 2.27. The summed E-state index contributed by atoms with van der Waals surface area (Å²) in [5, 5.41) is 12.5. The Morgan fingerprint density at radius 2 is 1.80 bits per heavy atom. The monoisotopic (exact) mass is 411 g/mol. The highest BCUT2D eigenvalue weighted by Gasteiger charge is 2.26. The number of carbonyl (C=O) groups is 1. The zero-order valence-electron chi connectivity index (χ0n) is 14.0. The predicted molar refractivity (Wildman–Crippen MR) is 96.4 cm³/mol. The first-order chi connectivity index (χ1) is 11.8. The second kappa shape index (κ2) is 8.54. The highest BCUT2D eigenvalue weighted by molar-refractivity contribution is 9.10. The Bertz CT molecular complexity index is 735. The molecule has 0 amide bonds. The normalized spacial score (nSPS) is 13.7. The Labute approximate surface area is 154 Å². The fraction of sp³-hybridized carbons (Fsp3) is 0.316. The van der Waals surface area contributed by atoms with Crippen LogP contribution >= 0.6 is 15.9 Å². The number of carboxylic acid groups (broad SMARTS) is 1. The summed E-state index contributed by atoms with van der Waals surface area (Å²) in [5.41, 5.74) is 0.905. The molecular weight excluding hydrogens is 392 g/mol. The number of rotatable bonds is 7. The molecule has 0 fully saturated rings. The largest absolute Gasteiger partial charge is 0.480 e. The highest BCUT2D eigenvalue weighted by atomic mass is 79.9. The van der Waals surface area contributed by atoms with Crippen molar-refractivity contribution in [2.24, 2.45) is 5.92 Å². The Kier molecular flexibility index (Phi) is 6.67. The average molecular weight is 412 g/mol. The van der Waals surface area contributed by atoms with E-state index in [1.54, 1.807) is 24.3 Å². The van der Waals surface area contributed by atoms with Crippen molar-refractivity contribution in [3.05, 3.63) is 69.7 Å². The molecule has 0 aromatic heterocycles. The van der Waals surface area contributed by atoms with E-state index in [0.717, 1.165) is 10.5 Å². The van der Waals surface area contributed by atoms with Crippen molar-refractivity contribution < 1.29 is 18.7 Å². The lowest BCUT2D eigenvalue weighted by Gasteiger charge is -2.25. The molecule has 0 radical (unpaired) electrons. The van der Waals surface area contributed by atoms with E-state index >= 15 is 0 Å². The first-order valence-corrected chi connectivity index (χ1v) is 8.76. The fourth-order valence-electron chi connectivity index (χ4n) is 2.67. The van der Waals surface area contributed by atoms with Crippen LogP contribution in [0.1, 0.15) is 37.4 Å². The SMILES string of the molecule is CC(C)C[C@H](NC(c1ccc(Br)cc1)c1ccc(F)cc1F)C(=O)O. The molecule has 134 valence electrons. The summed E-state index contributed by atoms with van der Waals surface area (Å²) in [5.74, 6) is -2.24. The van der Waals surface area contributed by atoms with E-state index in [9.17, 15) is 18.7 Å².